The zero-order valence-corrected chi connectivity index (χ0v) is 10.9. The second-order valence-electron chi connectivity index (χ2n) is 4.75. The molecular weight excluding hydrogens is 236 g/mol. The lowest BCUT2D eigenvalue weighted by molar-refractivity contribution is 1.17. The van der Waals surface area contributed by atoms with E-state index in [1.54, 1.807) is 0 Å². The maximum atomic E-state index is 12.2. The number of hydrogen-bond donors (Lipinski definition) is 1. The Kier molecular flexibility index (Phi) is 2.67. The second kappa shape index (κ2) is 4.35. The molecule has 0 unspecified atom stereocenters. The molecule has 94 valence electrons. The van der Waals surface area contributed by atoms with Gasteiger partial charge in [-0.25, -0.2) is 4.98 Å². The Hall–Kier alpha value is -2.42. The van der Waals surface area contributed by atoms with Crippen molar-refractivity contribution in [3.05, 3.63) is 63.9 Å². The maximum absolute atomic E-state index is 12.2. The zero-order chi connectivity index (χ0) is 13.4. The van der Waals surface area contributed by atoms with Gasteiger partial charge < -0.3 is 4.98 Å². The quantitative estimate of drug-likeness (QED) is 0.720. The van der Waals surface area contributed by atoms with E-state index in [4.69, 9.17) is 0 Å². The standard InChI is InChI=1S/C16H14N2O/c1-10-6-8-12(9-7-10)15-17-13-5-3-4-11(2)14(13)16(19)18-15/h3-9H,1-2H3,(H,17,18,19). The highest BCUT2D eigenvalue weighted by Crippen LogP contribution is 2.18. The van der Waals surface area contributed by atoms with Crippen LogP contribution in [0.5, 0.6) is 0 Å². The molecule has 0 radical (unpaired) electrons. The van der Waals surface area contributed by atoms with Crippen molar-refractivity contribution < 1.29 is 0 Å². The van der Waals surface area contributed by atoms with E-state index in [9.17, 15) is 4.79 Å². The summed E-state index contributed by atoms with van der Waals surface area (Å²) in [5, 5.41) is 0.665. The van der Waals surface area contributed by atoms with Crippen LogP contribution in [0.15, 0.2) is 47.3 Å². The molecule has 0 aliphatic carbocycles. The Morgan fingerprint density at radius 2 is 1.74 bits per heavy atom. The SMILES string of the molecule is Cc1ccc(-c2nc3cccc(C)c3c(=O)[nH]2)cc1. The molecule has 1 heterocycles. The molecule has 0 aliphatic heterocycles. The lowest BCUT2D eigenvalue weighted by atomic mass is 10.1. The van der Waals surface area contributed by atoms with Crippen LogP contribution in [0.3, 0.4) is 0 Å². The fourth-order valence-corrected chi connectivity index (χ4v) is 2.21. The van der Waals surface area contributed by atoms with Crippen molar-refractivity contribution in [2.24, 2.45) is 0 Å². The van der Waals surface area contributed by atoms with Crippen molar-refractivity contribution in [2.45, 2.75) is 13.8 Å². The summed E-state index contributed by atoms with van der Waals surface area (Å²) in [5.41, 5.74) is 3.70. The highest BCUT2D eigenvalue weighted by Gasteiger charge is 2.07. The van der Waals surface area contributed by atoms with Crippen LogP contribution >= 0.6 is 0 Å². The number of nitrogens with one attached hydrogen (secondary N) is 1. The van der Waals surface area contributed by atoms with Gasteiger partial charge in [0.15, 0.2) is 0 Å². The van der Waals surface area contributed by atoms with Gasteiger partial charge in [-0.1, -0.05) is 42.0 Å². The van der Waals surface area contributed by atoms with Crippen molar-refractivity contribution in [3.8, 4) is 11.4 Å². The molecule has 2 aromatic carbocycles. The van der Waals surface area contributed by atoms with Crippen LogP contribution < -0.4 is 5.56 Å². The largest absolute Gasteiger partial charge is 0.306 e. The van der Waals surface area contributed by atoms with Crippen LogP contribution in [-0.4, -0.2) is 9.97 Å². The van der Waals surface area contributed by atoms with Crippen LogP contribution in [0.1, 0.15) is 11.1 Å². The normalized spacial score (nSPS) is 10.8. The molecule has 0 fully saturated rings. The number of fused-ring (bicyclic) bond motifs is 1. The number of hydrogen-bond acceptors (Lipinski definition) is 2. The monoisotopic (exact) mass is 250 g/mol. The van der Waals surface area contributed by atoms with Gasteiger partial charge >= 0.3 is 0 Å². The first-order valence-electron chi connectivity index (χ1n) is 6.22. The Morgan fingerprint density at radius 3 is 2.47 bits per heavy atom. The van der Waals surface area contributed by atoms with Gasteiger partial charge in [0.2, 0.25) is 0 Å². The van der Waals surface area contributed by atoms with Gasteiger partial charge in [-0.15, -0.1) is 0 Å². The number of aromatic nitrogens is 2. The van der Waals surface area contributed by atoms with E-state index in [1.165, 1.54) is 5.56 Å². The topological polar surface area (TPSA) is 45.8 Å². The minimum Gasteiger partial charge on any atom is -0.306 e. The van der Waals surface area contributed by atoms with Crippen LogP contribution in [0.2, 0.25) is 0 Å². The first kappa shape index (κ1) is 11.7. The Bertz CT molecular complexity index is 801. The predicted molar refractivity (Wildman–Crippen MR) is 77.3 cm³/mol. The minimum atomic E-state index is -0.0846. The van der Waals surface area contributed by atoms with Gasteiger partial charge in [-0.2, -0.15) is 0 Å². The molecular formula is C16H14N2O. The number of aryl methyl sites for hydroxylation is 2. The molecule has 0 aliphatic rings. The molecule has 1 N–H and O–H groups in total. The fourth-order valence-electron chi connectivity index (χ4n) is 2.21. The number of H-pyrrole nitrogens is 1. The van der Waals surface area contributed by atoms with E-state index >= 15 is 0 Å². The summed E-state index contributed by atoms with van der Waals surface area (Å²) in [5.74, 6) is 0.614. The summed E-state index contributed by atoms with van der Waals surface area (Å²) in [4.78, 5) is 19.6. The van der Waals surface area contributed by atoms with Gasteiger partial charge in [-0.05, 0) is 25.5 Å². The Morgan fingerprint density at radius 1 is 1.00 bits per heavy atom. The molecule has 1 aromatic heterocycles. The van der Waals surface area contributed by atoms with Crippen LogP contribution in [-0.2, 0) is 0 Å². The lowest BCUT2D eigenvalue weighted by Crippen LogP contribution is -2.10. The van der Waals surface area contributed by atoms with Crippen molar-refractivity contribution in [3.63, 3.8) is 0 Å². The third-order valence-corrected chi connectivity index (χ3v) is 3.27. The Labute approximate surface area is 111 Å². The third kappa shape index (κ3) is 2.03. The van der Waals surface area contributed by atoms with Crippen LogP contribution in [0.4, 0.5) is 0 Å². The summed E-state index contributed by atoms with van der Waals surface area (Å²) < 4.78 is 0. The first-order valence-corrected chi connectivity index (χ1v) is 6.22. The second-order valence-corrected chi connectivity index (χ2v) is 4.75. The summed E-state index contributed by atoms with van der Waals surface area (Å²) in [6, 6.07) is 13.7. The van der Waals surface area contributed by atoms with Gasteiger partial charge in [-0.3, -0.25) is 4.79 Å². The van der Waals surface area contributed by atoms with Gasteiger partial charge in [0.1, 0.15) is 5.82 Å². The van der Waals surface area contributed by atoms with Crippen molar-refractivity contribution >= 4 is 10.9 Å². The van der Waals surface area contributed by atoms with E-state index in [2.05, 4.69) is 9.97 Å². The maximum Gasteiger partial charge on any atom is 0.259 e. The molecule has 3 rings (SSSR count). The predicted octanol–water partition coefficient (Wildman–Crippen LogP) is 3.21. The highest BCUT2D eigenvalue weighted by atomic mass is 16.1. The molecule has 0 saturated heterocycles. The summed E-state index contributed by atoms with van der Waals surface area (Å²) >= 11 is 0. The number of benzene rings is 2. The third-order valence-electron chi connectivity index (χ3n) is 3.27. The summed E-state index contributed by atoms with van der Waals surface area (Å²) in [6.45, 7) is 3.95. The van der Waals surface area contributed by atoms with E-state index in [0.717, 1.165) is 16.6 Å². The van der Waals surface area contributed by atoms with Crippen molar-refractivity contribution in [1.29, 1.82) is 0 Å². The number of rotatable bonds is 1. The summed E-state index contributed by atoms with van der Waals surface area (Å²) in [7, 11) is 0. The van der Waals surface area contributed by atoms with E-state index in [-0.39, 0.29) is 5.56 Å². The minimum absolute atomic E-state index is 0.0846. The average Bonchev–Trinajstić information content (AvgIpc) is 2.39. The van der Waals surface area contributed by atoms with E-state index < -0.39 is 0 Å². The number of aromatic amines is 1. The van der Waals surface area contributed by atoms with Crippen LogP contribution in [0.25, 0.3) is 22.3 Å². The molecule has 0 saturated carbocycles. The molecule has 0 bridgehead atoms. The summed E-state index contributed by atoms with van der Waals surface area (Å²) in [6.07, 6.45) is 0. The highest BCUT2D eigenvalue weighted by molar-refractivity contribution is 5.82. The lowest BCUT2D eigenvalue weighted by Gasteiger charge is -2.05. The molecule has 3 nitrogen and oxygen atoms in total. The molecule has 0 atom stereocenters. The molecule has 0 amide bonds. The zero-order valence-electron chi connectivity index (χ0n) is 10.9. The molecule has 3 heteroatoms. The van der Waals surface area contributed by atoms with Gasteiger partial charge in [0.25, 0.3) is 5.56 Å². The molecule has 19 heavy (non-hydrogen) atoms. The van der Waals surface area contributed by atoms with Gasteiger partial charge in [0, 0.05) is 5.56 Å². The smallest absolute Gasteiger partial charge is 0.259 e. The van der Waals surface area contributed by atoms with Crippen LogP contribution in [0, 0.1) is 13.8 Å². The van der Waals surface area contributed by atoms with E-state index in [0.29, 0.717) is 11.2 Å². The number of nitrogens with zero attached hydrogens (tertiary/aromatic N) is 1. The van der Waals surface area contributed by atoms with Crippen molar-refractivity contribution in [2.75, 3.05) is 0 Å². The van der Waals surface area contributed by atoms with Gasteiger partial charge in [0.05, 0.1) is 10.9 Å². The Balaban J connectivity index is 2.27. The molecule has 0 spiro atoms. The average molecular weight is 250 g/mol. The van der Waals surface area contributed by atoms with Crippen molar-refractivity contribution in [1.82, 2.24) is 9.97 Å². The van der Waals surface area contributed by atoms with E-state index in [1.807, 2.05) is 56.3 Å². The molecule has 3 aromatic rings. The fraction of sp³-hybridized carbons (Fsp3) is 0.125. The first-order chi connectivity index (χ1) is 9.15.